The Morgan fingerprint density at radius 3 is 2.67 bits per heavy atom. The van der Waals surface area contributed by atoms with E-state index in [1.54, 1.807) is 11.3 Å². The van der Waals surface area contributed by atoms with Crippen LogP contribution in [0.15, 0.2) is 40.2 Å². The summed E-state index contributed by atoms with van der Waals surface area (Å²) in [6, 6.07) is 6.72. The lowest BCUT2D eigenvalue weighted by atomic mass is 10.1. The maximum Gasteiger partial charge on any atom is 0.416 e. The third-order valence-corrected chi connectivity index (χ3v) is 4.56. The first-order valence-corrected chi connectivity index (χ1v) is 7.82. The van der Waals surface area contributed by atoms with Gasteiger partial charge in [0.15, 0.2) is 0 Å². The molecule has 0 saturated heterocycles. The Kier molecular flexibility index (Phi) is 5.43. The van der Waals surface area contributed by atoms with E-state index in [1.165, 1.54) is 12.1 Å². The maximum absolute atomic E-state index is 12.6. The molecular weight excluding hydrogens is 367 g/mol. The first-order chi connectivity index (χ1) is 9.86. The zero-order valence-corrected chi connectivity index (χ0v) is 13.2. The lowest BCUT2D eigenvalue weighted by Crippen LogP contribution is -2.21. The fourth-order valence-electron chi connectivity index (χ4n) is 1.82. The number of alkyl halides is 3. The molecule has 2 N–H and O–H groups in total. The van der Waals surface area contributed by atoms with Gasteiger partial charge in [-0.05, 0) is 39.7 Å². The van der Waals surface area contributed by atoms with Gasteiger partial charge >= 0.3 is 6.18 Å². The minimum Gasteiger partial charge on any atom is -0.387 e. The van der Waals surface area contributed by atoms with Crippen molar-refractivity contribution in [3.05, 3.63) is 56.2 Å². The van der Waals surface area contributed by atoms with E-state index in [9.17, 15) is 18.3 Å². The summed E-state index contributed by atoms with van der Waals surface area (Å²) in [5.74, 6) is 0. The van der Waals surface area contributed by atoms with E-state index >= 15 is 0 Å². The highest BCUT2D eigenvalue weighted by Crippen LogP contribution is 2.30. The van der Waals surface area contributed by atoms with Crippen molar-refractivity contribution < 1.29 is 18.3 Å². The maximum atomic E-state index is 12.6. The Morgan fingerprint density at radius 1 is 1.29 bits per heavy atom. The highest BCUT2D eigenvalue weighted by Gasteiger charge is 2.30. The molecule has 0 fully saturated rings. The van der Waals surface area contributed by atoms with E-state index in [-0.39, 0.29) is 12.1 Å². The Labute approximate surface area is 132 Å². The van der Waals surface area contributed by atoms with E-state index < -0.39 is 17.8 Å². The van der Waals surface area contributed by atoms with Crippen molar-refractivity contribution in [2.24, 2.45) is 0 Å². The molecule has 0 spiro atoms. The number of rotatable bonds is 5. The van der Waals surface area contributed by atoms with Crippen LogP contribution in [0.25, 0.3) is 0 Å². The fraction of sp³-hybridized carbons (Fsp3) is 0.286. The van der Waals surface area contributed by atoms with Crippen LogP contribution in [-0.2, 0) is 12.7 Å². The molecule has 0 radical (unpaired) electrons. The number of hydrogen-bond acceptors (Lipinski definition) is 3. The molecule has 2 rings (SSSR count). The molecule has 0 aliphatic carbocycles. The molecule has 1 aromatic carbocycles. The molecule has 1 atom stereocenters. The minimum atomic E-state index is -4.40. The van der Waals surface area contributed by atoms with Crippen molar-refractivity contribution in [1.29, 1.82) is 0 Å². The van der Waals surface area contributed by atoms with E-state index in [1.807, 2.05) is 11.4 Å². The molecular formula is C14H13BrF3NOS. The average molecular weight is 380 g/mol. The molecule has 1 unspecified atom stereocenters. The van der Waals surface area contributed by atoms with Gasteiger partial charge in [0.25, 0.3) is 0 Å². The summed E-state index contributed by atoms with van der Waals surface area (Å²) in [5, 5.41) is 14.9. The smallest absolute Gasteiger partial charge is 0.387 e. The molecule has 2 aromatic rings. The number of benzene rings is 1. The van der Waals surface area contributed by atoms with Crippen molar-refractivity contribution in [3.63, 3.8) is 0 Å². The summed E-state index contributed by atoms with van der Waals surface area (Å²) in [7, 11) is 0. The Hall–Kier alpha value is -0.890. The first kappa shape index (κ1) is 16.5. The van der Waals surface area contributed by atoms with Crippen molar-refractivity contribution in [3.8, 4) is 0 Å². The number of thiophene rings is 1. The summed E-state index contributed by atoms with van der Waals surface area (Å²) in [6.45, 7) is 0.753. The van der Waals surface area contributed by atoms with Crippen molar-refractivity contribution in [2.45, 2.75) is 18.8 Å². The van der Waals surface area contributed by atoms with E-state index in [0.717, 1.165) is 21.5 Å². The van der Waals surface area contributed by atoms with Gasteiger partial charge in [0.2, 0.25) is 0 Å². The van der Waals surface area contributed by atoms with Gasteiger partial charge in [-0.3, -0.25) is 0 Å². The van der Waals surface area contributed by atoms with Crippen LogP contribution in [0.5, 0.6) is 0 Å². The molecule has 7 heteroatoms. The van der Waals surface area contributed by atoms with Gasteiger partial charge < -0.3 is 10.4 Å². The average Bonchev–Trinajstić information content (AvgIpc) is 2.83. The molecule has 0 aliphatic heterocycles. The quantitative estimate of drug-likeness (QED) is 0.808. The summed E-state index contributed by atoms with van der Waals surface area (Å²) in [6.07, 6.45) is -5.37. The van der Waals surface area contributed by atoms with Crippen LogP contribution >= 0.6 is 27.3 Å². The molecule has 0 bridgehead atoms. The van der Waals surface area contributed by atoms with Crippen LogP contribution in [0, 0.1) is 0 Å². The number of hydrogen-bond donors (Lipinski definition) is 2. The number of aliphatic hydroxyl groups excluding tert-OH is 1. The normalized spacial score (nSPS) is 13.4. The number of halogens is 4. The monoisotopic (exact) mass is 379 g/mol. The van der Waals surface area contributed by atoms with Gasteiger partial charge in [0.1, 0.15) is 0 Å². The van der Waals surface area contributed by atoms with Gasteiger partial charge in [0.05, 0.1) is 11.7 Å². The van der Waals surface area contributed by atoms with Crippen LogP contribution in [0.3, 0.4) is 0 Å². The van der Waals surface area contributed by atoms with Crippen LogP contribution in [0.2, 0.25) is 0 Å². The van der Waals surface area contributed by atoms with Gasteiger partial charge in [-0.2, -0.15) is 13.2 Å². The third kappa shape index (κ3) is 4.81. The molecule has 1 heterocycles. The predicted molar refractivity (Wildman–Crippen MR) is 80.1 cm³/mol. The predicted octanol–water partition coefficient (Wildman–Crippen LogP) is 4.35. The highest BCUT2D eigenvalue weighted by atomic mass is 79.9. The topological polar surface area (TPSA) is 32.3 Å². The zero-order valence-electron chi connectivity index (χ0n) is 10.8. The third-order valence-electron chi connectivity index (χ3n) is 2.86. The van der Waals surface area contributed by atoms with Crippen molar-refractivity contribution >= 4 is 27.3 Å². The van der Waals surface area contributed by atoms with Crippen LogP contribution in [0.1, 0.15) is 22.1 Å². The second-order valence-corrected chi connectivity index (χ2v) is 6.41. The second kappa shape index (κ2) is 6.91. The summed E-state index contributed by atoms with van der Waals surface area (Å²) >= 11 is 4.91. The summed E-state index contributed by atoms with van der Waals surface area (Å²) < 4.78 is 38.8. The minimum absolute atomic E-state index is 0.191. The molecule has 1 aromatic heterocycles. The standard InChI is InChI=1S/C14H13BrF3NOS/c15-11-5-12(21-8-11)6-19-7-13(20)9-2-1-3-10(4-9)14(16,17)18/h1-5,8,13,19-20H,6-7H2. The van der Waals surface area contributed by atoms with Crippen molar-refractivity contribution in [2.75, 3.05) is 6.54 Å². The number of nitrogens with one attached hydrogen (secondary N) is 1. The Morgan fingerprint density at radius 2 is 2.05 bits per heavy atom. The zero-order chi connectivity index (χ0) is 15.5. The first-order valence-electron chi connectivity index (χ1n) is 6.15. The van der Waals surface area contributed by atoms with Crippen LogP contribution < -0.4 is 5.32 Å². The molecule has 21 heavy (non-hydrogen) atoms. The summed E-state index contributed by atoms with van der Waals surface area (Å²) in [4.78, 5) is 1.08. The second-order valence-electron chi connectivity index (χ2n) is 4.50. The summed E-state index contributed by atoms with van der Waals surface area (Å²) in [5.41, 5.74) is -0.495. The van der Waals surface area contributed by atoms with Crippen molar-refractivity contribution in [1.82, 2.24) is 5.32 Å². The molecule has 2 nitrogen and oxygen atoms in total. The van der Waals surface area contributed by atoms with Gasteiger partial charge in [-0.25, -0.2) is 0 Å². The fourth-order valence-corrected chi connectivity index (χ4v) is 3.24. The SMILES string of the molecule is OC(CNCc1cc(Br)cs1)c1cccc(C(F)(F)F)c1. The molecule has 114 valence electrons. The van der Waals surface area contributed by atoms with Gasteiger partial charge in [-0.15, -0.1) is 11.3 Å². The van der Waals surface area contributed by atoms with Gasteiger partial charge in [0, 0.05) is 27.8 Å². The Bertz CT molecular complexity index is 600. The number of aliphatic hydroxyl groups is 1. The van der Waals surface area contributed by atoms with Gasteiger partial charge in [-0.1, -0.05) is 12.1 Å². The lowest BCUT2D eigenvalue weighted by Gasteiger charge is -2.14. The molecule has 0 amide bonds. The molecule has 0 aliphatic rings. The molecule has 0 saturated carbocycles. The van der Waals surface area contributed by atoms with E-state index in [4.69, 9.17) is 0 Å². The van der Waals surface area contributed by atoms with E-state index in [0.29, 0.717) is 6.54 Å². The van der Waals surface area contributed by atoms with E-state index in [2.05, 4.69) is 21.2 Å². The van der Waals surface area contributed by atoms with Crippen LogP contribution in [0.4, 0.5) is 13.2 Å². The largest absolute Gasteiger partial charge is 0.416 e. The highest BCUT2D eigenvalue weighted by molar-refractivity contribution is 9.10. The Balaban J connectivity index is 1.92. The van der Waals surface area contributed by atoms with Crippen LogP contribution in [-0.4, -0.2) is 11.7 Å². The lowest BCUT2D eigenvalue weighted by molar-refractivity contribution is -0.137.